The molecule has 3 fully saturated rings. The van der Waals surface area contributed by atoms with Gasteiger partial charge in [-0.1, -0.05) is 19.1 Å². The number of amides is 3. The lowest BCUT2D eigenvalue weighted by Gasteiger charge is -2.37. The number of alkyl halides is 3. The van der Waals surface area contributed by atoms with Gasteiger partial charge in [0.1, 0.15) is 5.82 Å². The summed E-state index contributed by atoms with van der Waals surface area (Å²) in [6.07, 6.45) is -0.330. The van der Waals surface area contributed by atoms with Gasteiger partial charge in [-0.25, -0.2) is 19.6 Å². The van der Waals surface area contributed by atoms with Crippen molar-refractivity contribution in [2.24, 2.45) is 0 Å². The number of nitrogens with zero attached hydrogens (tertiary/aromatic N) is 5. The third-order valence-corrected chi connectivity index (χ3v) is 8.40. The molecule has 15 heteroatoms. The Hall–Kier alpha value is -4.14. The molecule has 0 spiro atoms. The van der Waals surface area contributed by atoms with Crippen LogP contribution in [-0.4, -0.2) is 96.2 Å². The topological polar surface area (TPSA) is 132 Å². The van der Waals surface area contributed by atoms with Crippen LogP contribution >= 0.6 is 0 Å². The number of hydroxylamine groups is 1. The van der Waals surface area contributed by atoms with E-state index in [0.717, 1.165) is 44.3 Å². The maximum atomic E-state index is 12.8. The van der Waals surface area contributed by atoms with Crippen molar-refractivity contribution in [3.05, 3.63) is 41.7 Å². The summed E-state index contributed by atoms with van der Waals surface area (Å²) in [5, 5.41) is 6.43. The van der Waals surface area contributed by atoms with Gasteiger partial charge in [0.2, 0.25) is 0 Å². The Kier molecular flexibility index (Phi) is 8.62. The molecule has 3 aliphatic heterocycles. The van der Waals surface area contributed by atoms with E-state index in [9.17, 15) is 27.6 Å². The second kappa shape index (κ2) is 12.2. The quantitative estimate of drug-likeness (QED) is 0.426. The summed E-state index contributed by atoms with van der Waals surface area (Å²) in [7, 11) is 1.77. The van der Waals surface area contributed by atoms with Crippen LogP contribution in [0.1, 0.15) is 48.7 Å². The molecular formula is C28H35F3N8O4. The highest BCUT2D eigenvalue weighted by Gasteiger charge is 2.42. The minimum Gasteiger partial charge on any atom is -0.353 e. The maximum Gasteiger partial charge on any atom is 0.493 e. The van der Waals surface area contributed by atoms with Crippen molar-refractivity contribution in [2.75, 3.05) is 56.5 Å². The smallest absolute Gasteiger partial charge is 0.353 e. The van der Waals surface area contributed by atoms with E-state index in [2.05, 4.69) is 32.4 Å². The van der Waals surface area contributed by atoms with Gasteiger partial charge in [0.25, 0.3) is 0 Å². The standard InChI is InChI=1S/C28H35F3N8O4/c1-27(9-11-32-12-10-27)18-5-7-19(8-6-18)34-23-22(24(40)36-43-25(41)28(29,30)31)33-16-21(35-23)38-13-3-4-20(17-38)39-15-14-37(2)26(39)42/h5-8,16,20,32H,3-4,9-15,17H2,1-2H3,(H,34,35)(H,36,40)/t20-/m1/s1. The zero-order valence-electron chi connectivity index (χ0n) is 24.0. The summed E-state index contributed by atoms with van der Waals surface area (Å²) in [5.41, 5.74) is 2.92. The van der Waals surface area contributed by atoms with Gasteiger partial charge in [0.05, 0.1) is 12.2 Å². The van der Waals surface area contributed by atoms with Crippen LogP contribution in [0.4, 0.5) is 35.3 Å². The number of aromatic nitrogens is 2. The molecule has 232 valence electrons. The summed E-state index contributed by atoms with van der Waals surface area (Å²) < 4.78 is 37.8. The molecule has 0 saturated carbocycles. The number of carbonyl (C=O) groups excluding carboxylic acids is 3. The van der Waals surface area contributed by atoms with Crippen molar-refractivity contribution in [1.29, 1.82) is 0 Å². The van der Waals surface area contributed by atoms with Crippen molar-refractivity contribution in [1.82, 2.24) is 30.6 Å². The van der Waals surface area contributed by atoms with E-state index in [1.807, 2.05) is 34.1 Å². The fourth-order valence-electron chi connectivity index (χ4n) is 5.77. The van der Waals surface area contributed by atoms with Crippen LogP contribution < -0.4 is 21.0 Å². The second-order valence-corrected chi connectivity index (χ2v) is 11.4. The molecule has 4 heterocycles. The van der Waals surface area contributed by atoms with Crippen molar-refractivity contribution >= 4 is 35.2 Å². The molecule has 5 rings (SSSR count). The number of benzene rings is 1. The van der Waals surface area contributed by atoms with Crippen LogP contribution in [0.15, 0.2) is 30.5 Å². The predicted octanol–water partition coefficient (Wildman–Crippen LogP) is 2.95. The minimum atomic E-state index is -5.28. The predicted molar refractivity (Wildman–Crippen MR) is 151 cm³/mol. The molecule has 3 saturated heterocycles. The number of rotatable bonds is 6. The Bertz CT molecular complexity index is 1350. The van der Waals surface area contributed by atoms with E-state index in [4.69, 9.17) is 0 Å². The summed E-state index contributed by atoms with van der Waals surface area (Å²) in [6.45, 7) is 6.50. The van der Waals surface area contributed by atoms with Crippen LogP contribution in [0.5, 0.6) is 0 Å². The summed E-state index contributed by atoms with van der Waals surface area (Å²) >= 11 is 0. The first-order valence-corrected chi connectivity index (χ1v) is 14.2. The van der Waals surface area contributed by atoms with E-state index in [1.165, 1.54) is 11.7 Å². The molecule has 1 atom stereocenters. The normalized spacial score (nSPS) is 20.6. The first kappa shape index (κ1) is 30.3. The number of hydrogen-bond acceptors (Lipinski definition) is 9. The third-order valence-electron chi connectivity index (χ3n) is 8.40. The number of likely N-dealkylation sites (N-methyl/N-ethyl adjacent to an activating group) is 1. The molecule has 1 aromatic heterocycles. The number of urea groups is 1. The Morgan fingerprint density at radius 2 is 1.84 bits per heavy atom. The van der Waals surface area contributed by atoms with E-state index in [-0.39, 0.29) is 29.0 Å². The molecule has 0 bridgehead atoms. The summed E-state index contributed by atoms with van der Waals surface area (Å²) in [5.74, 6) is -3.35. The van der Waals surface area contributed by atoms with Crippen LogP contribution in [0.3, 0.4) is 0 Å². The van der Waals surface area contributed by atoms with E-state index >= 15 is 0 Å². The molecule has 3 aliphatic rings. The van der Waals surface area contributed by atoms with E-state index < -0.39 is 18.1 Å². The Morgan fingerprint density at radius 3 is 2.49 bits per heavy atom. The number of carbonyl (C=O) groups is 3. The monoisotopic (exact) mass is 604 g/mol. The number of hydrogen-bond donors (Lipinski definition) is 3. The van der Waals surface area contributed by atoms with Gasteiger partial charge in [0, 0.05) is 38.9 Å². The molecule has 1 aromatic carbocycles. The van der Waals surface area contributed by atoms with Crippen LogP contribution in [-0.2, 0) is 15.0 Å². The zero-order chi connectivity index (χ0) is 30.8. The van der Waals surface area contributed by atoms with Crippen LogP contribution in [0, 0.1) is 0 Å². The number of halogens is 3. The van der Waals surface area contributed by atoms with Gasteiger partial charge in [-0.3, -0.25) is 4.79 Å². The minimum absolute atomic E-state index is 0.0211. The number of nitrogens with one attached hydrogen (secondary N) is 3. The van der Waals surface area contributed by atoms with Gasteiger partial charge in [-0.05, 0) is 61.9 Å². The van der Waals surface area contributed by atoms with Crippen molar-refractivity contribution in [3.8, 4) is 0 Å². The number of anilines is 3. The lowest BCUT2D eigenvalue weighted by molar-refractivity contribution is -0.204. The van der Waals surface area contributed by atoms with Gasteiger partial charge in [-0.2, -0.15) is 18.7 Å². The fraction of sp³-hybridized carbons (Fsp3) is 0.536. The lowest BCUT2D eigenvalue weighted by atomic mass is 9.75. The average Bonchev–Trinajstić information content (AvgIpc) is 3.33. The number of piperidine rings is 2. The maximum absolute atomic E-state index is 12.8. The van der Waals surface area contributed by atoms with Crippen molar-refractivity contribution < 1.29 is 32.4 Å². The van der Waals surface area contributed by atoms with Crippen LogP contribution in [0.25, 0.3) is 0 Å². The Morgan fingerprint density at radius 1 is 1.12 bits per heavy atom. The van der Waals surface area contributed by atoms with Crippen LogP contribution in [0.2, 0.25) is 0 Å². The average molecular weight is 605 g/mol. The molecular weight excluding hydrogens is 569 g/mol. The SMILES string of the molecule is CN1CCN([C@@H]2CCCN(c3cnc(C(=O)NOC(=O)C(F)(F)F)c(Nc4ccc(C5(C)CCNCC5)cc4)n3)C2)C1=O. The van der Waals surface area contributed by atoms with Gasteiger partial charge >= 0.3 is 24.1 Å². The van der Waals surface area contributed by atoms with Gasteiger partial charge < -0.3 is 30.2 Å². The second-order valence-electron chi connectivity index (χ2n) is 11.4. The molecule has 0 unspecified atom stereocenters. The lowest BCUT2D eigenvalue weighted by Crippen LogP contribution is -2.49. The van der Waals surface area contributed by atoms with E-state index in [0.29, 0.717) is 37.7 Å². The summed E-state index contributed by atoms with van der Waals surface area (Å²) in [4.78, 5) is 54.8. The highest BCUT2D eigenvalue weighted by atomic mass is 19.4. The van der Waals surface area contributed by atoms with Crippen molar-refractivity contribution in [2.45, 2.75) is 50.2 Å². The Balaban J connectivity index is 1.38. The molecule has 12 nitrogen and oxygen atoms in total. The molecule has 0 radical (unpaired) electrons. The molecule has 2 aromatic rings. The highest BCUT2D eigenvalue weighted by molar-refractivity contribution is 5.97. The largest absolute Gasteiger partial charge is 0.493 e. The molecule has 3 N–H and O–H groups in total. The molecule has 3 amide bonds. The Labute approximate surface area is 246 Å². The zero-order valence-corrected chi connectivity index (χ0v) is 24.0. The first-order chi connectivity index (χ1) is 20.4. The molecule has 43 heavy (non-hydrogen) atoms. The molecule has 0 aliphatic carbocycles. The fourth-order valence-corrected chi connectivity index (χ4v) is 5.77. The van der Waals surface area contributed by atoms with Gasteiger partial charge in [-0.15, -0.1) is 0 Å². The first-order valence-electron chi connectivity index (χ1n) is 14.2. The summed E-state index contributed by atoms with van der Waals surface area (Å²) in [6, 6.07) is 7.62. The van der Waals surface area contributed by atoms with Crippen molar-refractivity contribution in [3.63, 3.8) is 0 Å². The third kappa shape index (κ3) is 6.76. The highest BCUT2D eigenvalue weighted by Crippen LogP contribution is 2.34. The van der Waals surface area contributed by atoms with Gasteiger partial charge in [0.15, 0.2) is 11.5 Å². The van der Waals surface area contributed by atoms with E-state index in [1.54, 1.807) is 11.9 Å².